The van der Waals surface area contributed by atoms with Gasteiger partial charge in [-0.1, -0.05) is 6.07 Å². The number of aromatic nitrogens is 4. The summed E-state index contributed by atoms with van der Waals surface area (Å²) in [7, 11) is 6.29. The average Bonchev–Trinajstić information content (AvgIpc) is 3.34. The molecule has 0 amide bonds. The van der Waals surface area contributed by atoms with Gasteiger partial charge in [-0.2, -0.15) is 5.10 Å². The number of nitrogens with zero attached hydrogens (tertiary/aromatic N) is 4. The summed E-state index contributed by atoms with van der Waals surface area (Å²) in [4.78, 5) is 21.8. The summed E-state index contributed by atoms with van der Waals surface area (Å²) in [5, 5.41) is 4.92. The highest BCUT2D eigenvalue weighted by molar-refractivity contribution is 6.10. The summed E-state index contributed by atoms with van der Waals surface area (Å²) in [5.41, 5.74) is 3.19. The topological polar surface area (TPSA) is 97.6 Å². The molecular formula is C24H24N4O5. The van der Waals surface area contributed by atoms with Crippen LogP contribution in [0, 0.1) is 0 Å². The Bertz CT molecular complexity index is 1320. The number of fused-ring (bicyclic) bond motifs is 1. The number of hydrogen-bond acceptors (Lipinski definition) is 8. The van der Waals surface area contributed by atoms with Crippen molar-refractivity contribution in [1.82, 2.24) is 19.7 Å². The molecule has 0 atom stereocenters. The largest absolute Gasteiger partial charge is 0.493 e. The van der Waals surface area contributed by atoms with E-state index in [1.807, 2.05) is 24.3 Å². The molecule has 4 aromatic rings. The van der Waals surface area contributed by atoms with Crippen molar-refractivity contribution in [3.63, 3.8) is 0 Å². The van der Waals surface area contributed by atoms with Crippen molar-refractivity contribution in [3.8, 4) is 34.1 Å². The van der Waals surface area contributed by atoms with Gasteiger partial charge in [0.15, 0.2) is 28.8 Å². The van der Waals surface area contributed by atoms with E-state index in [0.29, 0.717) is 45.3 Å². The fourth-order valence-corrected chi connectivity index (χ4v) is 3.89. The molecule has 0 spiro atoms. The second kappa shape index (κ2) is 9.15. The molecule has 2 aromatic heterocycles. The van der Waals surface area contributed by atoms with Crippen LogP contribution in [0.2, 0.25) is 0 Å². The number of ketones is 1. The van der Waals surface area contributed by atoms with Gasteiger partial charge in [0.05, 0.1) is 46.2 Å². The minimum Gasteiger partial charge on any atom is -0.493 e. The van der Waals surface area contributed by atoms with Crippen LogP contribution in [0.1, 0.15) is 23.0 Å². The van der Waals surface area contributed by atoms with Crippen LogP contribution in [0.3, 0.4) is 0 Å². The number of carbonyl (C=O) groups excluding carboxylic acids is 1. The van der Waals surface area contributed by atoms with Gasteiger partial charge >= 0.3 is 0 Å². The molecule has 2 heterocycles. The van der Waals surface area contributed by atoms with E-state index in [-0.39, 0.29) is 12.3 Å². The van der Waals surface area contributed by atoms with Gasteiger partial charge in [0.2, 0.25) is 0 Å². The van der Waals surface area contributed by atoms with E-state index in [0.717, 1.165) is 10.9 Å². The molecule has 33 heavy (non-hydrogen) atoms. The Balaban J connectivity index is 2.10. The van der Waals surface area contributed by atoms with Gasteiger partial charge in [0, 0.05) is 22.6 Å². The first kappa shape index (κ1) is 22.1. The zero-order valence-electron chi connectivity index (χ0n) is 19.1. The second-order valence-corrected chi connectivity index (χ2v) is 7.25. The van der Waals surface area contributed by atoms with Crippen molar-refractivity contribution in [2.24, 2.45) is 0 Å². The number of pyridine rings is 1. The van der Waals surface area contributed by atoms with Crippen LogP contribution in [0.15, 0.2) is 43.0 Å². The third-order valence-electron chi connectivity index (χ3n) is 5.37. The van der Waals surface area contributed by atoms with E-state index in [2.05, 4.69) is 10.1 Å². The quantitative estimate of drug-likeness (QED) is 0.376. The smallest absolute Gasteiger partial charge is 0.162 e. The van der Waals surface area contributed by atoms with E-state index < -0.39 is 0 Å². The standard InChI is InChI=1S/C24H24N4O5/c1-14(29)23-18(11-28-13-25-12-26-28)27-17-10-22(33-5)21(32-4)9-16(17)24(23)15-6-7-19(30-2)20(8-15)31-3/h6-10,12-13H,11H2,1-5H3. The van der Waals surface area contributed by atoms with Crippen LogP contribution in [-0.4, -0.2) is 54.0 Å². The van der Waals surface area contributed by atoms with Crippen molar-refractivity contribution in [2.75, 3.05) is 28.4 Å². The van der Waals surface area contributed by atoms with E-state index >= 15 is 0 Å². The van der Waals surface area contributed by atoms with Gasteiger partial charge in [-0.15, -0.1) is 0 Å². The van der Waals surface area contributed by atoms with E-state index in [9.17, 15) is 4.79 Å². The third-order valence-corrected chi connectivity index (χ3v) is 5.37. The maximum atomic E-state index is 13.0. The highest BCUT2D eigenvalue weighted by atomic mass is 16.5. The van der Waals surface area contributed by atoms with Gasteiger partial charge in [0.25, 0.3) is 0 Å². The molecule has 9 heteroatoms. The number of hydrogen-bond donors (Lipinski definition) is 0. The third kappa shape index (κ3) is 4.05. The molecule has 0 radical (unpaired) electrons. The Kier molecular flexibility index (Phi) is 6.12. The molecule has 0 aliphatic heterocycles. The predicted molar refractivity (Wildman–Crippen MR) is 123 cm³/mol. The normalized spacial score (nSPS) is 10.8. The maximum absolute atomic E-state index is 13.0. The molecule has 0 unspecified atom stereocenters. The number of ether oxygens (including phenoxy) is 4. The SMILES string of the molecule is COc1ccc(-c2c(C(C)=O)c(Cn3cncn3)nc3cc(OC)c(OC)cc23)cc1OC. The van der Waals surface area contributed by atoms with Crippen LogP contribution < -0.4 is 18.9 Å². The number of methoxy groups -OCH3 is 4. The highest BCUT2D eigenvalue weighted by Gasteiger charge is 2.23. The Morgan fingerprint density at radius 1 is 0.909 bits per heavy atom. The van der Waals surface area contributed by atoms with Crippen molar-refractivity contribution >= 4 is 16.7 Å². The molecule has 0 aliphatic rings. The summed E-state index contributed by atoms with van der Waals surface area (Å²) in [6, 6.07) is 9.17. The number of carbonyl (C=O) groups is 1. The molecule has 2 aromatic carbocycles. The van der Waals surface area contributed by atoms with Gasteiger partial charge in [-0.25, -0.2) is 14.6 Å². The van der Waals surface area contributed by atoms with Crippen molar-refractivity contribution in [3.05, 3.63) is 54.2 Å². The molecular weight excluding hydrogens is 424 g/mol. The number of Topliss-reactive ketones (excluding diaryl/α,β-unsaturated/α-hetero) is 1. The molecule has 4 rings (SSSR count). The molecule has 170 valence electrons. The van der Waals surface area contributed by atoms with Crippen molar-refractivity contribution < 1.29 is 23.7 Å². The first-order valence-electron chi connectivity index (χ1n) is 10.1. The highest BCUT2D eigenvalue weighted by Crippen LogP contribution is 2.41. The zero-order chi connectivity index (χ0) is 23.5. The summed E-state index contributed by atoms with van der Waals surface area (Å²) in [6.07, 6.45) is 3.03. The van der Waals surface area contributed by atoms with Crippen molar-refractivity contribution in [1.29, 1.82) is 0 Å². The van der Waals surface area contributed by atoms with Crippen LogP contribution in [-0.2, 0) is 6.54 Å². The number of rotatable bonds is 8. The lowest BCUT2D eigenvalue weighted by Gasteiger charge is -2.18. The Morgan fingerprint density at radius 2 is 1.58 bits per heavy atom. The molecule has 0 N–H and O–H groups in total. The van der Waals surface area contributed by atoms with E-state index in [1.165, 1.54) is 13.3 Å². The Hall–Kier alpha value is -4.14. The van der Waals surface area contributed by atoms with Gasteiger partial charge in [0.1, 0.15) is 12.7 Å². The lowest BCUT2D eigenvalue weighted by Crippen LogP contribution is -2.11. The maximum Gasteiger partial charge on any atom is 0.162 e. The Morgan fingerprint density at radius 3 is 2.18 bits per heavy atom. The zero-order valence-corrected chi connectivity index (χ0v) is 19.1. The van der Waals surface area contributed by atoms with Gasteiger partial charge in [-0.3, -0.25) is 4.79 Å². The molecule has 0 saturated heterocycles. The monoisotopic (exact) mass is 448 g/mol. The molecule has 0 aliphatic carbocycles. The van der Waals surface area contributed by atoms with E-state index in [4.69, 9.17) is 23.9 Å². The van der Waals surface area contributed by atoms with Gasteiger partial charge < -0.3 is 18.9 Å². The summed E-state index contributed by atoms with van der Waals surface area (Å²) < 4.78 is 23.5. The molecule has 0 saturated carbocycles. The minimum absolute atomic E-state index is 0.126. The van der Waals surface area contributed by atoms with Crippen LogP contribution in [0.4, 0.5) is 0 Å². The first-order valence-corrected chi connectivity index (χ1v) is 10.1. The fourth-order valence-electron chi connectivity index (χ4n) is 3.89. The molecule has 0 bridgehead atoms. The molecule has 0 fully saturated rings. The lowest BCUT2D eigenvalue weighted by molar-refractivity contribution is 0.101. The van der Waals surface area contributed by atoms with Crippen LogP contribution >= 0.6 is 0 Å². The lowest BCUT2D eigenvalue weighted by atomic mass is 9.91. The van der Waals surface area contributed by atoms with Crippen molar-refractivity contribution in [2.45, 2.75) is 13.5 Å². The second-order valence-electron chi connectivity index (χ2n) is 7.25. The van der Waals surface area contributed by atoms with E-state index in [1.54, 1.807) is 45.5 Å². The van der Waals surface area contributed by atoms with Gasteiger partial charge in [-0.05, 0) is 30.7 Å². The van der Waals surface area contributed by atoms with Crippen LogP contribution in [0.5, 0.6) is 23.0 Å². The summed E-state index contributed by atoms with van der Waals surface area (Å²) in [5.74, 6) is 2.09. The minimum atomic E-state index is -0.126. The number of benzene rings is 2. The molecule has 9 nitrogen and oxygen atoms in total. The predicted octanol–water partition coefficient (Wildman–Crippen LogP) is 3.78. The fraction of sp³-hybridized carbons (Fsp3) is 0.250. The first-order chi connectivity index (χ1) is 16.0. The summed E-state index contributed by atoms with van der Waals surface area (Å²) in [6.45, 7) is 1.80. The Labute approximate surface area is 190 Å². The average molecular weight is 448 g/mol. The summed E-state index contributed by atoms with van der Waals surface area (Å²) >= 11 is 0. The van der Waals surface area contributed by atoms with Crippen LogP contribution in [0.25, 0.3) is 22.0 Å².